The molecule has 2 N–H and O–H groups in total. The monoisotopic (exact) mass is 583 g/mol. The van der Waals surface area contributed by atoms with Crippen molar-refractivity contribution in [2.75, 3.05) is 36.0 Å². The van der Waals surface area contributed by atoms with E-state index in [1.54, 1.807) is 6.20 Å². The maximum absolute atomic E-state index is 13.0. The highest BCUT2D eigenvalue weighted by atomic mass is 16.2. The molecule has 1 aliphatic rings. The molecule has 43 heavy (non-hydrogen) atoms. The van der Waals surface area contributed by atoms with Crippen molar-refractivity contribution < 1.29 is 4.79 Å². The van der Waals surface area contributed by atoms with Gasteiger partial charge in [-0.05, 0) is 92.1 Å². The molecule has 0 unspecified atom stereocenters. The molecule has 1 aromatic heterocycles. The van der Waals surface area contributed by atoms with E-state index in [0.29, 0.717) is 5.69 Å². The van der Waals surface area contributed by atoms with Gasteiger partial charge >= 0.3 is 0 Å². The molecule has 1 aliphatic heterocycles. The molecule has 0 spiro atoms. The van der Waals surface area contributed by atoms with Crippen LogP contribution in [0.15, 0.2) is 54.7 Å². The van der Waals surface area contributed by atoms with Gasteiger partial charge in [-0.1, -0.05) is 71.6 Å². The van der Waals surface area contributed by atoms with Gasteiger partial charge < -0.3 is 9.80 Å². The van der Waals surface area contributed by atoms with Crippen LogP contribution in [0.25, 0.3) is 0 Å². The highest BCUT2D eigenvalue weighted by Gasteiger charge is 2.45. The van der Waals surface area contributed by atoms with Crippen molar-refractivity contribution in [2.45, 2.75) is 98.4 Å². The van der Waals surface area contributed by atoms with E-state index in [9.17, 15) is 4.79 Å². The number of nitrogens with zero attached hydrogens (tertiary/aromatic N) is 3. The molecule has 0 aliphatic carbocycles. The van der Waals surface area contributed by atoms with E-state index in [0.717, 1.165) is 42.9 Å². The van der Waals surface area contributed by atoms with Crippen molar-refractivity contribution in [1.29, 1.82) is 0 Å². The SMILES string of the molecule is CCCCN(CCCC)c1ccc(C2(c3ccc(N(CCCC)CCCC)cc3C)NNC(=O)c3ncccc32)c(C)c1. The lowest BCUT2D eigenvalue weighted by Gasteiger charge is -2.42. The number of carbonyl (C=O) groups is 1. The van der Waals surface area contributed by atoms with Crippen LogP contribution in [-0.4, -0.2) is 37.1 Å². The summed E-state index contributed by atoms with van der Waals surface area (Å²) in [6.07, 6.45) is 11.2. The zero-order valence-corrected chi connectivity index (χ0v) is 27.4. The largest absolute Gasteiger partial charge is 0.372 e. The molecule has 232 valence electrons. The van der Waals surface area contributed by atoms with Crippen LogP contribution in [0, 0.1) is 13.8 Å². The summed E-state index contributed by atoms with van der Waals surface area (Å²) in [4.78, 5) is 22.7. The van der Waals surface area contributed by atoms with E-state index >= 15 is 0 Å². The summed E-state index contributed by atoms with van der Waals surface area (Å²) in [5.41, 5.74) is 14.2. The number of fused-ring (bicyclic) bond motifs is 1. The molecule has 2 heterocycles. The Labute approximate surface area is 260 Å². The predicted molar refractivity (Wildman–Crippen MR) is 181 cm³/mol. The van der Waals surface area contributed by atoms with Crippen LogP contribution >= 0.6 is 0 Å². The number of anilines is 2. The molecule has 0 radical (unpaired) electrons. The molecule has 1 amide bonds. The normalized spacial score (nSPS) is 13.9. The van der Waals surface area contributed by atoms with Gasteiger partial charge in [0.15, 0.2) is 0 Å². The molecule has 3 aromatic rings. The minimum absolute atomic E-state index is 0.203. The molecular formula is C37H53N5O. The number of aryl methyl sites for hydroxylation is 2. The number of hydrogen-bond acceptors (Lipinski definition) is 5. The van der Waals surface area contributed by atoms with Crippen LogP contribution in [0.2, 0.25) is 0 Å². The number of benzene rings is 2. The number of hydrogen-bond donors (Lipinski definition) is 2. The fourth-order valence-electron chi connectivity index (χ4n) is 6.40. The Bertz CT molecular complexity index is 1270. The first-order chi connectivity index (χ1) is 20.9. The number of carbonyl (C=O) groups excluding carboxylic acids is 1. The predicted octanol–water partition coefficient (Wildman–Crippen LogP) is 8.05. The topological polar surface area (TPSA) is 60.5 Å². The third-order valence-electron chi connectivity index (χ3n) is 8.87. The second-order valence-corrected chi connectivity index (χ2v) is 12.1. The smallest absolute Gasteiger partial charge is 0.284 e. The lowest BCUT2D eigenvalue weighted by molar-refractivity contribution is 0.0890. The summed E-state index contributed by atoms with van der Waals surface area (Å²) >= 11 is 0. The Hall–Kier alpha value is -3.38. The average molecular weight is 584 g/mol. The standard InChI is InChI=1S/C37H53N5O/c1-7-11-22-41(23-12-8-2)30-17-19-32(28(5)26-30)37(34-16-15-21-38-35(34)36(43)39-40-37)33-20-18-31(27-29(33)6)42(24-13-9-3)25-14-10-4/h15-21,26-27,40H,7-14,22-25H2,1-6H3,(H,39,43). The highest BCUT2D eigenvalue weighted by Crippen LogP contribution is 2.43. The van der Waals surface area contributed by atoms with Crippen LogP contribution in [0.5, 0.6) is 0 Å². The van der Waals surface area contributed by atoms with Gasteiger partial charge in [-0.3, -0.25) is 15.2 Å². The Morgan fingerprint density at radius 1 is 0.674 bits per heavy atom. The number of unbranched alkanes of at least 4 members (excludes halogenated alkanes) is 4. The quantitative estimate of drug-likeness (QED) is 0.179. The van der Waals surface area contributed by atoms with Gasteiger partial charge in [0.25, 0.3) is 5.91 Å². The third-order valence-corrected chi connectivity index (χ3v) is 8.87. The molecule has 4 rings (SSSR count). The third kappa shape index (κ3) is 7.06. The average Bonchev–Trinajstić information content (AvgIpc) is 3.02. The van der Waals surface area contributed by atoms with Crippen molar-refractivity contribution in [3.63, 3.8) is 0 Å². The van der Waals surface area contributed by atoms with Gasteiger partial charge in [0, 0.05) is 49.3 Å². The van der Waals surface area contributed by atoms with Crippen LogP contribution in [0.1, 0.15) is 117 Å². The Balaban J connectivity index is 1.86. The summed E-state index contributed by atoms with van der Waals surface area (Å²) in [7, 11) is 0. The first-order valence-corrected chi connectivity index (χ1v) is 16.7. The van der Waals surface area contributed by atoms with Crippen molar-refractivity contribution >= 4 is 17.3 Å². The summed E-state index contributed by atoms with van der Waals surface area (Å²) in [5.74, 6) is -0.203. The molecule has 6 nitrogen and oxygen atoms in total. The van der Waals surface area contributed by atoms with Crippen molar-refractivity contribution in [1.82, 2.24) is 15.8 Å². The van der Waals surface area contributed by atoms with Crippen molar-refractivity contribution in [3.8, 4) is 0 Å². The van der Waals surface area contributed by atoms with Crippen LogP contribution < -0.4 is 20.7 Å². The van der Waals surface area contributed by atoms with E-state index in [1.165, 1.54) is 73.9 Å². The Morgan fingerprint density at radius 3 is 1.56 bits per heavy atom. The highest BCUT2D eigenvalue weighted by molar-refractivity contribution is 5.95. The molecule has 0 atom stereocenters. The first kappa shape index (κ1) is 32.5. The zero-order chi connectivity index (χ0) is 30.8. The molecule has 0 fully saturated rings. The van der Waals surface area contributed by atoms with E-state index in [2.05, 4.69) is 110 Å². The van der Waals surface area contributed by atoms with Crippen molar-refractivity contribution in [3.05, 3.63) is 88.2 Å². The molecule has 0 saturated heterocycles. The van der Waals surface area contributed by atoms with Crippen LogP contribution in [-0.2, 0) is 5.54 Å². The van der Waals surface area contributed by atoms with E-state index in [1.807, 2.05) is 6.07 Å². The zero-order valence-electron chi connectivity index (χ0n) is 27.4. The van der Waals surface area contributed by atoms with Gasteiger partial charge in [-0.2, -0.15) is 0 Å². The van der Waals surface area contributed by atoms with Gasteiger partial charge in [-0.15, -0.1) is 0 Å². The first-order valence-electron chi connectivity index (χ1n) is 16.7. The van der Waals surface area contributed by atoms with Crippen LogP contribution in [0.4, 0.5) is 11.4 Å². The molecule has 0 bridgehead atoms. The summed E-state index contributed by atoms with van der Waals surface area (Å²) < 4.78 is 0. The molecule has 2 aromatic carbocycles. The molecule has 6 heteroatoms. The second kappa shape index (κ2) is 15.4. The van der Waals surface area contributed by atoms with E-state index in [4.69, 9.17) is 0 Å². The maximum atomic E-state index is 13.0. The minimum Gasteiger partial charge on any atom is -0.372 e. The maximum Gasteiger partial charge on any atom is 0.284 e. The van der Waals surface area contributed by atoms with Crippen LogP contribution in [0.3, 0.4) is 0 Å². The lowest BCUT2D eigenvalue weighted by Crippen LogP contribution is -2.59. The van der Waals surface area contributed by atoms with E-state index in [-0.39, 0.29) is 5.91 Å². The number of amides is 1. The second-order valence-electron chi connectivity index (χ2n) is 12.1. The fourth-order valence-corrected chi connectivity index (χ4v) is 6.40. The lowest BCUT2D eigenvalue weighted by atomic mass is 9.72. The van der Waals surface area contributed by atoms with E-state index < -0.39 is 5.54 Å². The number of rotatable bonds is 16. The number of hydrazine groups is 1. The summed E-state index contributed by atoms with van der Waals surface area (Å²) in [6, 6.07) is 17.7. The van der Waals surface area contributed by atoms with Gasteiger partial charge in [-0.25, -0.2) is 5.43 Å². The number of aromatic nitrogens is 1. The van der Waals surface area contributed by atoms with Gasteiger partial charge in [0.2, 0.25) is 0 Å². The molecule has 0 saturated carbocycles. The fraction of sp³-hybridized carbons (Fsp3) is 0.514. The number of pyridine rings is 1. The molecular weight excluding hydrogens is 530 g/mol. The number of nitrogens with one attached hydrogen (secondary N) is 2. The van der Waals surface area contributed by atoms with Gasteiger partial charge in [0.05, 0.1) is 0 Å². The summed E-state index contributed by atoms with van der Waals surface area (Å²) in [5, 5.41) is 0. The Kier molecular flexibility index (Phi) is 11.6. The summed E-state index contributed by atoms with van der Waals surface area (Å²) in [6.45, 7) is 17.7. The Morgan fingerprint density at radius 2 is 1.14 bits per heavy atom. The van der Waals surface area contributed by atoms with Crippen molar-refractivity contribution in [2.24, 2.45) is 0 Å². The van der Waals surface area contributed by atoms with Gasteiger partial charge in [0.1, 0.15) is 11.2 Å². The minimum atomic E-state index is -0.780.